The van der Waals surface area contributed by atoms with Crippen molar-refractivity contribution >= 4 is 0 Å². The van der Waals surface area contributed by atoms with Crippen LogP contribution in [0.5, 0.6) is 0 Å². The van der Waals surface area contributed by atoms with Crippen molar-refractivity contribution in [1.82, 2.24) is 0 Å². The maximum Gasteiger partial charge on any atom is 0.134 e. The minimum Gasteiger partial charge on any atom is -0.467 e. The third kappa shape index (κ3) is 3.35. The molecule has 1 rings (SSSR count). The van der Waals surface area contributed by atoms with Crippen LogP contribution in [0.15, 0.2) is 22.8 Å². The fraction of sp³-hybridized carbons (Fsp3) is 0.692. The average molecular weight is 225 g/mol. The zero-order valence-electron chi connectivity index (χ0n) is 10.7. The van der Waals surface area contributed by atoms with E-state index in [-0.39, 0.29) is 17.7 Å². The monoisotopic (exact) mass is 225 g/mol. The van der Waals surface area contributed by atoms with Gasteiger partial charge in [-0.05, 0) is 38.8 Å². The average Bonchev–Trinajstić information content (AvgIpc) is 2.78. The van der Waals surface area contributed by atoms with Gasteiger partial charge in [0.05, 0.1) is 11.9 Å². The molecule has 3 nitrogen and oxygen atoms in total. The highest BCUT2D eigenvalue weighted by molar-refractivity contribution is 5.05. The highest BCUT2D eigenvalue weighted by atomic mass is 16.5. The fourth-order valence-corrected chi connectivity index (χ4v) is 1.45. The van der Waals surface area contributed by atoms with Crippen LogP contribution in [0.4, 0.5) is 0 Å². The predicted molar refractivity (Wildman–Crippen MR) is 65.2 cm³/mol. The van der Waals surface area contributed by atoms with Crippen LogP contribution in [0.25, 0.3) is 0 Å². The highest BCUT2D eigenvalue weighted by Crippen LogP contribution is 2.29. The van der Waals surface area contributed by atoms with Gasteiger partial charge in [0.1, 0.15) is 11.9 Å². The molecule has 2 unspecified atom stereocenters. The Hall–Kier alpha value is -0.800. The predicted octanol–water partition coefficient (Wildman–Crippen LogP) is 3.26. The number of nitrogens with two attached hydrogens (primary N) is 1. The first-order valence-electron chi connectivity index (χ1n) is 5.97. The van der Waals surface area contributed by atoms with E-state index < -0.39 is 0 Å². The Balaban J connectivity index is 2.81. The van der Waals surface area contributed by atoms with Gasteiger partial charge in [0, 0.05) is 6.04 Å². The Labute approximate surface area is 98.0 Å². The summed E-state index contributed by atoms with van der Waals surface area (Å²) in [7, 11) is 0. The molecule has 0 aliphatic heterocycles. The minimum atomic E-state index is -0.176. The molecule has 1 heterocycles. The van der Waals surface area contributed by atoms with Crippen molar-refractivity contribution < 1.29 is 9.15 Å². The molecule has 0 bridgehead atoms. The molecule has 2 atom stereocenters. The number of hydrogen-bond donors (Lipinski definition) is 1. The normalized spacial score (nSPS) is 16.1. The molecule has 92 valence electrons. The van der Waals surface area contributed by atoms with Gasteiger partial charge in [-0.1, -0.05) is 13.8 Å². The molecular weight excluding hydrogens is 202 g/mol. The van der Waals surface area contributed by atoms with Gasteiger partial charge < -0.3 is 14.9 Å². The van der Waals surface area contributed by atoms with E-state index in [0.29, 0.717) is 0 Å². The van der Waals surface area contributed by atoms with Crippen LogP contribution in [-0.2, 0) is 4.74 Å². The van der Waals surface area contributed by atoms with Crippen LogP contribution < -0.4 is 5.73 Å². The molecule has 1 aromatic rings. The van der Waals surface area contributed by atoms with Crippen LogP contribution in [-0.4, -0.2) is 11.6 Å². The van der Waals surface area contributed by atoms with Gasteiger partial charge >= 0.3 is 0 Å². The molecular formula is C13H23NO2. The van der Waals surface area contributed by atoms with Gasteiger partial charge in [-0.3, -0.25) is 0 Å². The molecule has 0 fully saturated rings. The molecule has 0 aliphatic rings. The van der Waals surface area contributed by atoms with Crippen LogP contribution >= 0.6 is 0 Å². The highest BCUT2D eigenvalue weighted by Gasteiger charge is 2.28. The number of hydrogen-bond acceptors (Lipinski definition) is 3. The van der Waals surface area contributed by atoms with E-state index in [1.54, 1.807) is 6.26 Å². The van der Waals surface area contributed by atoms with Crippen molar-refractivity contribution in [1.29, 1.82) is 0 Å². The summed E-state index contributed by atoms with van der Waals surface area (Å²) in [5, 5.41) is 0. The fourth-order valence-electron chi connectivity index (χ4n) is 1.45. The van der Waals surface area contributed by atoms with E-state index in [9.17, 15) is 0 Å². The van der Waals surface area contributed by atoms with E-state index in [1.165, 1.54) is 0 Å². The summed E-state index contributed by atoms with van der Waals surface area (Å²) in [5.41, 5.74) is 5.91. The summed E-state index contributed by atoms with van der Waals surface area (Å²) in [6, 6.07) is 3.76. The van der Waals surface area contributed by atoms with Crippen LogP contribution in [0.2, 0.25) is 0 Å². The standard InChI is InChI=1S/C13H23NO2/c1-5-10(14)12(11-8-7-9-15-11)16-13(3,4)6-2/h7-10,12H,5-6,14H2,1-4H3. The number of furan rings is 1. The minimum absolute atomic E-state index is 0.0306. The van der Waals surface area contributed by atoms with Gasteiger partial charge in [-0.15, -0.1) is 0 Å². The van der Waals surface area contributed by atoms with Crippen molar-refractivity contribution in [3.8, 4) is 0 Å². The van der Waals surface area contributed by atoms with Gasteiger partial charge in [-0.2, -0.15) is 0 Å². The molecule has 0 radical (unpaired) electrons. The molecule has 0 amide bonds. The third-order valence-electron chi connectivity index (χ3n) is 2.98. The second-order valence-electron chi connectivity index (χ2n) is 4.74. The summed E-state index contributed by atoms with van der Waals surface area (Å²) in [6.45, 7) is 8.32. The first-order chi connectivity index (χ1) is 7.50. The Morgan fingerprint density at radius 2 is 2.12 bits per heavy atom. The molecule has 0 saturated carbocycles. The second kappa shape index (κ2) is 5.51. The van der Waals surface area contributed by atoms with E-state index in [0.717, 1.165) is 18.6 Å². The van der Waals surface area contributed by atoms with E-state index in [2.05, 4.69) is 27.7 Å². The van der Waals surface area contributed by atoms with Gasteiger partial charge in [-0.25, -0.2) is 0 Å². The summed E-state index contributed by atoms with van der Waals surface area (Å²) < 4.78 is 11.5. The van der Waals surface area contributed by atoms with Gasteiger partial charge in [0.2, 0.25) is 0 Å². The molecule has 0 spiro atoms. The van der Waals surface area contributed by atoms with Crippen molar-refractivity contribution in [3.63, 3.8) is 0 Å². The third-order valence-corrected chi connectivity index (χ3v) is 2.98. The van der Waals surface area contributed by atoms with E-state index in [4.69, 9.17) is 14.9 Å². The smallest absolute Gasteiger partial charge is 0.134 e. The van der Waals surface area contributed by atoms with Crippen LogP contribution in [0, 0.1) is 0 Å². The van der Waals surface area contributed by atoms with Crippen molar-refractivity contribution in [3.05, 3.63) is 24.2 Å². The Morgan fingerprint density at radius 1 is 1.44 bits per heavy atom. The lowest BCUT2D eigenvalue weighted by molar-refractivity contribution is -0.0936. The first-order valence-corrected chi connectivity index (χ1v) is 5.97. The van der Waals surface area contributed by atoms with Gasteiger partial charge in [0.25, 0.3) is 0 Å². The maximum atomic E-state index is 6.09. The molecule has 1 aromatic heterocycles. The molecule has 0 aliphatic carbocycles. The summed E-state index contributed by atoms with van der Waals surface area (Å²) in [4.78, 5) is 0. The number of ether oxygens (including phenoxy) is 1. The van der Waals surface area contributed by atoms with E-state index in [1.807, 2.05) is 12.1 Å². The molecule has 2 N–H and O–H groups in total. The Bertz CT molecular complexity index is 293. The Morgan fingerprint density at radius 3 is 2.56 bits per heavy atom. The zero-order valence-corrected chi connectivity index (χ0v) is 10.7. The second-order valence-corrected chi connectivity index (χ2v) is 4.74. The SMILES string of the molecule is CCC(N)C(OC(C)(C)CC)c1ccco1. The summed E-state index contributed by atoms with van der Waals surface area (Å²) >= 11 is 0. The van der Waals surface area contributed by atoms with Crippen molar-refractivity contribution in [2.24, 2.45) is 5.73 Å². The van der Waals surface area contributed by atoms with Crippen LogP contribution in [0.3, 0.4) is 0 Å². The summed E-state index contributed by atoms with van der Waals surface area (Å²) in [6.07, 6.45) is 3.31. The quantitative estimate of drug-likeness (QED) is 0.808. The lowest BCUT2D eigenvalue weighted by Gasteiger charge is -2.31. The van der Waals surface area contributed by atoms with Crippen molar-refractivity contribution in [2.75, 3.05) is 0 Å². The summed E-state index contributed by atoms with van der Waals surface area (Å²) in [5.74, 6) is 0.816. The lowest BCUT2D eigenvalue weighted by atomic mass is 10.0. The largest absolute Gasteiger partial charge is 0.467 e. The zero-order chi connectivity index (χ0) is 12.2. The molecule has 0 aromatic carbocycles. The van der Waals surface area contributed by atoms with E-state index >= 15 is 0 Å². The number of rotatable bonds is 6. The van der Waals surface area contributed by atoms with Crippen molar-refractivity contribution in [2.45, 2.75) is 58.3 Å². The first kappa shape index (κ1) is 13.3. The van der Waals surface area contributed by atoms with Gasteiger partial charge in [0.15, 0.2) is 0 Å². The molecule has 0 saturated heterocycles. The maximum absolute atomic E-state index is 6.09. The Kier molecular flexibility index (Phi) is 4.56. The molecule has 16 heavy (non-hydrogen) atoms. The molecule has 3 heteroatoms. The van der Waals surface area contributed by atoms with Crippen LogP contribution in [0.1, 0.15) is 52.4 Å². The lowest BCUT2D eigenvalue weighted by Crippen LogP contribution is -2.35. The topological polar surface area (TPSA) is 48.4 Å².